The molecule has 0 spiro atoms. The Kier molecular flexibility index (Phi) is 4.94. The smallest absolute Gasteiger partial charge is 0.237 e. The van der Waals surface area contributed by atoms with Gasteiger partial charge in [0.15, 0.2) is 5.82 Å². The van der Waals surface area contributed by atoms with Crippen LogP contribution in [0.4, 0.5) is 10.1 Å². The Balaban J connectivity index is 1.68. The minimum atomic E-state index is -0.474. The van der Waals surface area contributed by atoms with Gasteiger partial charge in [-0.1, -0.05) is 11.8 Å². The number of hydrogen-bond donors (Lipinski definition) is 2. The SMILES string of the molecule is C[C@@H](Sc1nnc(-c2cccnc2)n1N)C(=O)Nc1ccc(F)cc1. The van der Waals surface area contributed by atoms with Crippen LogP contribution in [0.15, 0.2) is 53.9 Å². The van der Waals surface area contributed by atoms with Crippen molar-refractivity contribution in [1.29, 1.82) is 0 Å². The molecular weight excluding hydrogens is 343 g/mol. The molecule has 1 atom stereocenters. The molecule has 0 fully saturated rings. The maximum atomic E-state index is 12.9. The van der Waals surface area contributed by atoms with E-state index < -0.39 is 5.25 Å². The Bertz CT molecular complexity index is 868. The van der Waals surface area contributed by atoms with Gasteiger partial charge in [0.05, 0.1) is 5.25 Å². The lowest BCUT2D eigenvalue weighted by Crippen LogP contribution is -2.23. The monoisotopic (exact) mass is 358 g/mol. The minimum Gasteiger partial charge on any atom is -0.335 e. The molecular formula is C16H15FN6OS. The van der Waals surface area contributed by atoms with E-state index in [2.05, 4.69) is 20.5 Å². The number of carbonyl (C=O) groups is 1. The maximum absolute atomic E-state index is 12.9. The van der Waals surface area contributed by atoms with Gasteiger partial charge in [0.1, 0.15) is 5.82 Å². The molecule has 0 saturated carbocycles. The highest BCUT2D eigenvalue weighted by atomic mass is 32.2. The number of nitrogen functional groups attached to an aromatic ring is 1. The van der Waals surface area contributed by atoms with E-state index in [4.69, 9.17) is 5.84 Å². The molecule has 0 saturated heterocycles. The number of pyridine rings is 1. The number of aromatic nitrogens is 4. The number of thioether (sulfide) groups is 1. The van der Waals surface area contributed by atoms with Crippen molar-refractivity contribution in [2.45, 2.75) is 17.3 Å². The van der Waals surface area contributed by atoms with Crippen molar-refractivity contribution in [2.75, 3.05) is 11.2 Å². The number of hydrogen-bond acceptors (Lipinski definition) is 6. The fraction of sp³-hybridized carbons (Fsp3) is 0.125. The van der Waals surface area contributed by atoms with Crippen LogP contribution >= 0.6 is 11.8 Å². The van der Waals surface area contributed by atoms with Crippen LogP contribution in [0.5, 0.6) is 0 Å². The van der Waals surface area contributed by atoms with Gasteiger partial charge in [0.25, 0.3) is 0 Å². The number of amides is 1. The third-order valence-electron chi connectivity index (χ3n) is 3.35. The molecule has 3 rings (SSSR count). The molecule has 0 unspecified atom stereocenters. The first kappa shape index (κ1) is 16.9. The van der Waals surface area contributed by atoms with Gasteiger partial charge in [-0.25, -0.2) is 9.07 Å². The average molecular weight is 358 g/mol. The van der Waals surface area contributed by atoms with Crippen LogP contribution in [0.3, 0.4) is 0 Å². The Morgan fingerprint density at radius 2 is 2.04 bits per heavy atom. The standard InChI is InChI=1S/C16H15FN6OS/c1-10(15(24)20-13-6-4-12(17)5-7-13)25-16-22-21-14(23(16)18)11-3-2-8-19-9-11/h2-10H,18H2,1H3,(H,20,24)/t10-/m1/s1. The summed E-state index contributed by atoms with van der Waals surface area (Å²) in [6, 6.07) is 9.15. The Hall–Kier alpha value is -2.94. The van der Waals surface area contributed by atoms with Gasteiger partial charge < -0.3 is 11.2 Å². The van der Waals surface area contributed by atoms with Gasteiger partial charge in [-0.3, -0.25) is 9.78 Å². The fourth-order valence-electron chi connectivity index (χ4n) is 2.04. The zero-order valence-corrected chi connectivity index (χ0v) is 14.1. The van der Waals surface area contributed by atoms with E-state index in [1.165, 1.54) is 40.7 Å². The van der Waals surface area contributed by atoms with E-state index in [9.17, 15) is 9.18 Å². The summed E-state index contributed by atoms with van der Waals surface area (Å²) >= 11 is 1.17. The van der Waals surface area contributed by atoms with Gasteiger partial charge in [-0.05, 0) is 43.3 Å². The van der Waals surface area contributed by atoms with Gasteiger partial charge in [0, 0.05) is 23.6 Å². The van der Waals surface area contributed by atoms with Crippen molar-refractivity contribution in [3.05, 3.63) is 54.6 Å². The number of rotatable bonds is 5. The molecule has 128 valence electrons. The molecule has 0 aliphatic carbocycles. The van der Waals surface area contributed by atoms with E-state index in [0.717, 1.165) is 5.56 Å². The van der Waals surface area contributed by atoms with Gasteiger partial charge in [0.2, 0.25) is 11.1 Å². The van der Waals surface area contributed by atoms with E-state index in [1.807, 2.05) is 6.07 Å². The Morgan fingerprint density at radius 1 is 1.28 bits per heavy atom. The molecule has 1 aromatic carbocycles. The topological polar surface area (TPSA) is 98.7 Å². The lowest BCUT2D eigenvalue weighted by Gasteiger charge is -2.11. The second kappa shape index (κ2) is 7.31. The molecule has 3 aromatic rings. The van der Waals surface area contributed by atoms with Crippen LogP contribution < -0.4 is 11.2 Å². The fourth-order valence-corrected chi connectivity index (χ4v) is 2.81. The number of nitrogens with two attached hydrogens (primary N) is 1. The second-order valence-corrected chi connectivity index (χ2v) is 6.48. The van der Waals surface area contributed by atoms with Crippen LogP contribution in [0.2, 0.25) is 0 Å². The Morgan fingerprint density at radius 3 is 2.72 bits per heavy atom. The molecule has 2 aromatic heterocycles. The molecule has 0 radical (unpaired) electrons. The normalized spacial score (nSPS) is 11.9. The Labute approximate surface area is 147 Å². The van der Waals surface area contributed by atoms with E-state index in [-0.39, 0.29) is 11.7 Å². The summed E-state index contributed by atoms with van der Waals surface area (Å²) in [5, 5.41) is 10.7. The van der Waals surface area contributed by atoms with Crippen LogP contribution in [-0.2, 0) is 4.79 Å². The van der Waals surface area contributed by atoms with E-state index in [0.29, 0.717) is 16.7 Å². The van der Waals surface area contributed by atoms with Crippen molar-refractivity contribution in [3.8, 4) is 11.4 Å². The maximum Gasteiger partial charge on any atom is 0.237 e. The predicted molar refractivity (Wildman–Crippen MR) is 93.8 cm³/mol. The summed E-state index contributed by atoms with van der Waals surface area (Å²) in [6.45, 7) is 1.72. The van der Waals surface area contributed by atoms with Crippen LogP contribution in [0, 0.1) is 5.82 Å². The molecule has 25 heavy (non-hydrogen) atoms. The zero-order chi connectivity index (χ0) is 17.8. The predicted octanol–water partition coefficient (Wildman–Crippen LogP) is 2.31. The summed E-state index contributed by atoms with van der Waals surface area (Å²) in [5.41, 5.74) is 1.25. The van der Waals surface area contributed by atoms with Gasteiger partial charge in [-0.15, -0.1) is 10.2 Å². The lowest BCUT2D eigenvalue weighted by atomic mass is 10.3. The first-order valence-corrected chi connectivity index (χ1v) is 8.26. The molecule has 3 N–H and O–H groups in total. The third kappa shape index (κ3) is 3.94. The highest BCUT2D eigenvalue weighted by molar-refractivity contribution is 8.00. The molecule has 1 amide bonds. The van der Waals surface area contributed by atoms with E-state index >= 15 is 0 Å². The molecule has 2 heterocycles. The average Bonchev–Trinajstić information content (AvgIpc) is 2.98. The lowest BCUT2D eigenvalue weighted by molar-refractivity contribution is -0.115. The second-order valence-electron chi connectivity index (χ2n) is 5.17. The van der Waals surface area contributed by atoms with E-state index in [1.54, 1.807) is 25.4 Å². The van der Waals surface area contributed by atoms with Crippen molar-refractivity contribution in [3.63, 3.8) is 0 Å². The molecule has 7 nitrogen and oxygen atoms in total. The zero-order valence-electron chi connectivity index (χ0n) is 13.3. The molecule has 0 aliphatic rings. The summed E-state index contributed by atoms with van der Waals surface area (Å²) in [4.78, 5) is 16.3. The number of anilines is 1. The number of nitrogens with zero attached hydrogens (tertiary/aromatic N) is 4. The van der Waals surface area contributed by atoms with Crippen LogP contribution in [0.25, 0.3) is 11.4 Å². The number of carbonyl (C=O) groups excluding carboxylic acids is 1. The van der Waals surface area contributed by atoms with Crippen LogP contribution in [0.1, 0.15) is 6.92 Å². The van der Waals surface area contributed by atoms with Crippen molar-refractivity contribution in [2.24, 2.45) is 0 Å². The first-order chi connectivity index (χ1) is 12.0. The van der Waals surface area contributed by atoms with Crippen LogP contribution in [-0.4, -0.2) is 31.0 Å². The summed E-state index contributed by atoms with van der Waals surface area (Å²) < 4.78 is 14.2. The minimum absolute atomic E-state index is 0.248. The number of halogens is 1. The quantitative estimate of drug-likeness (QED) is 0.536. The summed E-state index contributed by atoms with van der Waals surface area (Å²) in [6.07, 6.45) is 3.28. The largest absolute Gasteiger partial charge is 0.335 e. The molecule has 0 aliphatic heterocycles. The van der Waals surface area contributed by atoms with Gasteiger partial charge >= 0.3 is 0 Å². The van der Waals surface area contributed by atoms with Crippen molar-refractivity contribution in [1.82, 2.24) is 19.9 Å². The van der Waals surface area contributed by atoms with Crippen molar-refractivity contribution < 1.29 is 9.18 Å². The first-order valence-electron chi connectivity index (χ1n) is 7.38. The molecule has 9 heteroatoms. The third-order valence-corrected chi connectivity index (χ3v) is 4.40. The molecule has 0 bridgehead atoms. The number of benzene rings is 1. The summed E-state index contributed by atoms with van der Waals surface area (Å²) in [5.74, 6) is 5.87. The van der Waals surface area contributed by atoms with Crippen molar-refractivity contribution >= 4 is 23.4 Å². The number of nitrogens with one attached hydrogen (secondary N) is 1. The highest BCUT2D eigenvalue weighted by Crippen LogP contribution is 2.25. The summed E-state index contributed by atoms with van der Waals surface area (Å²) in [7, 11) is 0. The van der Waals surface area contributed by atoms with Gasteiger partial charge in [-0.2, -0.15) is 0 Å². The highest BCUT2D eigenvalue weighted by Gasteiger charge is 2.20.